The Bertz CT molecular complexity index is 633. The normalized spacial score (nSPS) is 15.2. The summed E-state index contributed by atoms with van der Waals surface area (Å²) in [6.07, 6.45) is 6.49. The Balaban J connectivity index is 2.00. The van der Waals surface area contributed by atoms with E-state index in [-0.39, 0.29) is 6.04 Å². The minimum atomic E-state index is 0.0949. The molecule has 0 aliphatic heterocycles. The first-order valence-electron chi connectivity index (χ1n) is 7.74. The molecule has 0 saturated carbocycles. The number of fused-ring (bicyclic) bond motifs is 1. The van der Waals surface area contributed by atoms with Crippen molar-refractivity contribution in [3.8, 4) is 0 Å². The molecule has 1 N–H and O–H groups in total. The van der Waals surface area contributed by atoms with Crippen LogP contribution < -0.4 is 5.32 Å². The van der Waals surface area contributed by atoms with E-state index in [1.165, 1.54) is 36.0 Å². The number of hydrogen-bond donors (Lipinski definition) is 1. The third-order valence-corrected chi connectivity index (χ3v) is 4.58. The largest absolute Gasteiger partial charge is 0.308 e. The van der Waals surface area contributed by atoms with E-state index >= 15 is 0 Å². The first kappa shape index (κ1) is 14.6. The van der Waals surface area contributed by atoms with E-state index in [0.717, 1.165) is 23.7 Å². The van der Waals surface area contributed by atoms with E-state index in [2.05, 4.69) is 35.5 Å². The maximum Gasteiger partial charge on any atom is 0.0837 e. The molecule has 0 bridgehead atoms. The first-order chi connectivity index (χ1) is 10.2. The van der Waals surface area contributed by atoms with Crippen LogP contribution in [0, 0.1) is 0 Å². The monoisotopic (exact) mass is 303 g/mol. The van der Waals surface area contributed by atoms with Gasteiger partial charge in [-0.25, -0.2) is 0 Å². The smallest absolute Gasteiger partial charge is 0.0837 e. The zero-order chi connectivity index (χ0) is 14.8. The molecular formula is C17H22ClN3. The summed E-state index contributed by atoms with van der Waals surface area (Å²) in [4.78, 5) is 0. The molecule has 2 aromatic rings. The maximum absolute atomic E-state index is 6.40. The highest BCUT2D eigenvalue weighted by atomic mass is 35.5. The van der Waals surface area contributed by atoms with Gasteiger partial charge in [-0.3, -0.25) is 4.68 Å². The Morgan fingerprint density at radius 3 is 2.90 bits per heavy atom. The predicted octanol–water partition coefficient (Wildman–Crippen LogP) is 3.74. The summed E-state index contributed by atoms with van der Waals surface area (Å²) >= 11 is 6.40. The van der Waals surface area contributed by atoms with Crippen LogP contribution >= 0.6 is 11.6 Å². The fourth-order valence-corrected chi connectivity index (χ4v) is 3.53. The van der Waals surface area contributed by atoms with Gasteiger partial charge in [0.25, 0.3) is 0 Å². The topological polar surface area (TPSA) is 29.9 Å². The number of nitrogens with one attached hydrogen (secondary N) is 1. The minimum Gasteiger partial charge on any atom is -0.308 e. The molecule has 3 rings (SSSR count). The van der Waals surface area contributed by atoms with Gasteiger partial charge in [0.1, 0.15) is 0 Å². The van der Waals surface area contributed by atoms with Crippen LogP contribution in [0.5, 0.6) is 0 Å². The molecule has 0 saturated heterocycles. The highest BCUT2D eigenvalue weighted by Gasteiger charge is 2.22. The van der Waals surface area contributed by atoms with Crippen molar-refractivity contribution in [3.05, 3.63) is 51.8 Å². The molecule has 0 fully saturated rings. The number of aromatic nitrogens is 2. The molecule has 0 radical (unpaired) electrons. The molecule has 3 nitrogen and oxygen atoms in total. The first-order valence-corrected chi connectivity index (χ1v) is 8.12. The van der Waals surface area contributed by atoms with Crippen LogP contribution in [0.15, 0.2) is 24.4 Å². The minimum absolute atomic E-state index is 0.0949. The number of aryl methyl sites for hydroxylation is 3. The SMILES string of the molecule is CCCn1ncc(Cl)c1C(NC)c1ccc2c(c1)CCC2. The Hall–Kier alpha value is -1.32. The van der Waals surface area contributed by atoms with Gasteiger partial charge in [0, 0.05) is 6.54 Å². The summed E-state index contributed by atoms with van der Waals surface area (Å²) in [6.45, 7) is 3.05. The second-order valence-corrected chi connectivity index (χ2v) is 6.11. The van der Waals surface area contributed by atoms with Crippen LogP contribution in [0.25, 0.3) is 0 Å². The molecule has 4 heteroatoms. The number of halogens is 1. The Morgan fingerprint density at radius 1 is 1.33 bits per heavy atom. The standard InChI is InChI=1S/C17H22ClN3/c1-3-9-21-17(15(18)11-20-21)16(19-2)14-8-7-12-5-4-6-13(12)10-14/h7-8,10-11,16,19H,3-6,9H2,1-2H3. The van der Waals surface area contributed by atoms with Crippen LogP contribution in [0.4, 0.5) is 0 Å². The lowest BCUT2D eigenvalue weighted by molar-refractivity contribution is 0.534. The van der Waals surface area contributed by atoms with Gasteiger partial charge in [-0.05, 0) is 49.4 Å². The Kier molecular flexibility index (Phi) is 4.32. The molecule has 0 amide bonds. The summed E-state index contributed by atoms with van der Waals surface area (Å²) in [7, 11) is 1.98. The van der Waals surface area contributed by atoms with Gasteiger partial charge in [-0.2, -0.15) is 5.10 Å². The lowest BCUT2D eigenvalue weighted by Crippen LogP contribution is -2.22. The second kappa shape index (κ2) is 6.20. The third kappa shape index (κ3) is 2.72. The summed E-state index contributed by atoms with van der Waals surface area (Å²) in [5.41, 5.74) is 5.34. The van der Waals surface area contributed by atoms with Gasteiger partial charge in [-0.15, -0.1) is 0 Å². The molecule has 1 aliphatic rings. The van der Waals surface area contributed by atoms with Gasteiger partial charge in [0.2, 0.25) is 0 Å². The van der Waals surface area contributed by atoms with Crippen molar-refractivity contribution >= 4 is 11.6 Å². The molecule has 1 aromatic heterocycles. The average Bonchev–Trinajstić information content (AvgIpc) is 3.09. The number of nitrogens with zero attached hydrogens (tertiary/aromatic N) is 2. The molecule has 21 heavy (non-hydrogen) atoms. The molecule has 1 aliphatic carbocycles. The van der Waals surface area contributed by atoms with Crippen molar-refractivity contribution in [2.24, 2.45) is 0 Å². The molecular weight excluding hydrogens is 282 g/mol. The molecule has 112 valence electrons. The number of benzene rings is 1. The summed E-state index contributed by atoms with van der Waals surface area (Å²) in [6, 6.07) is 6.93. The van der Waals surface area contributed by atoms with Crippen molar-refractivity contribution in [1.29, 1.82) is 0 Å². The molecule has 0 spiro atoms. The quantitative estimate of drug-likeness (QED) is 0.912. The molecule has 1 atom stereocenters. The lowest BCUT2D eigenvalue weighted by atomic mass is 9.99. The van der Waals surface area contributed by atoms with E-state index in [1.807, 2.05) is 11.7 Å². The van der Waals surface area contributed by atoms with E-state index in [4.69, 9.17) is 11.6 Å². The average molecular weight is 304 g/mol. The molecule has 1 aromatic carbocycles. The number of hydrogen-bond acceptors (Lipinski definition) is 2. The lowest BCUT2D eigenvalue weighted by Gasteiger charge is -2.20. The summed E-state index contributed by atoms with van der Waals surface area (Å²) < 4.78 is 2.02. The highest BCUT2D eigenvalue weighted by molar-refractivity contribution is 6.31. The van der Waals surface area contributed by atoms with Crippen molar-refractivity contribution < 1.29 is 0 Å². The summed E-state index contributed by atoms with van der Waals surface area (Å²) in [5, 5.41) is 8.56. The van der Waals surface area contributed by atoms with Crippen LogP contribution in [-0.2, 0) is 19.4 Å². The van der Waals surface area contributed by atoms with E-state index in [0.29, 0.717) is 0 Å². The van der Waals surface area contributed by atoms with Crippen molar-refractivity contribution in [2.75, 3.05) is 7.05 Å². The van der Waals surface area contributed by atoms with Crippen molar-refractivity contribution in [2.45, 2.75) is 45.2 Å². The maximum atomic E-state index is 6.40. The van der Waals surface area contributed by atoms with Crippen LogP contribution in [-0.4, -0.2) is 16.8 Å². The van der Waals surface area contributed by atoms with E-state index in [9.17, 15) is 0 Å². The van der Waals surface area contributed by atoms with Crippen LogP contribution in [0.3, 0.4) is 0 Å². The van der Waals surface area contributed by atoms with Crippen LogP contribution in [0.1, 0.15) is 48.2 Å². The zero-order valence-electron chi connectivity index (χ0n) is 12.7. The Morgan fingerprint density at radius 2 is 2.14 bits per heavy atom. The molecule has 1 unspecified atom stereocenters. The van der Waals surface area contributed by atoms with Gasteiger partial charge >= 0.3 is 0 Å². The van der Waals surface area contributed by atoms with Crippen LogP contribution in [0.2, 0.25) is 5.02 Å². The zero-order valence-corrected chi connectivity index (χ0v) is 13.5. The summed E-state index contributed by atoms with van der Waals surface area (Å²) in [5.74, 6) is 0. The van der Waals surface area contributed by atoms with Gasteiger partial charge in [-0.1, -0.05) is 36.7 Å². The fraction of sp³-hybridized carbons (Fsp3) is 0.471. The molecule has 1 heterocycles. The van der Waals surface area contributed by atoms with E-state index in [1.54, 1.807) is 6.20 Å². The fourth-order valence-electron chi connectivity index (χ4n) is 3.28. The number of rotatable bonds is 5. The van der Waals surface area contributed by atoms with Gasteiger partial charge in [0.15, 0.2) is 0 Å². The van der Waals surface area contributed by atoms with Crippen molar-refractivity contribution in [3.63, 3.8) is 0 Å². The predicted molar refractivity (Wildman–Crippen MR) is 86.9 cm³/mol. The van der Waals surface area contributed by atoms with Gasteiger partial charge in [0.05, 0.1) is 23.0 Å². The second-order valence-electron chi connectivity index (χ2n) is 5.70. The highest BCUT2D eigenvalue weighted by Crippen LogP contribution is 2.31. The van der Waals surface area contributed by atoms with Gasteiger partial charge < -0.3 is 5.32 Å². The third-order valence-electron chi connectivity index (χ3n) is 4.29. The Labute approximate surface area is 131 Å². The van der Waals surface area contributed by atoms with E-state index < -0.39 is 0 Å². The van der Waals surface area contributed by atoms with Crippen molar-refractivity contribution in [1.82, 2.24) is 15.1 Å².